The maximum atomic E-state index is 12.0. The van der Waals surface area contributed by atoms with Gasteiger partial charge in [-0.3, -0.25) is 4.98 Å². The van der Waals surface area contributed by atoms with E-state index in [4.69, 9.17) is 20.0 Å². The third-order valence-corrected chi connectivity index (χ3v) is 2.49. The zero-order valence-corrected chi connectivity index (χ0v) is 13.6. The number of aromatic nitrogens is 2. The second-order valence-electron chi connectivity index (χ2n) is 5.67. The van der Waals surface area contributed by atoms with Gasteiger partial charge in [0, 0.05) is 6.42 Å². The van der Waals surface area contributed by atoms with Crippen LogP contribution in [0.4, 0.5) is 4.79 Å². The topological polar surface area (TPSA) is 138 Å². The molecule has 0 saturated carbocycles. The zero-order chi connectivity index (χ0) is 18.2. The molecule has 0 aliphatic carbocycles. The van der Waals surface area contributed by atoms with Crippen LogP contribution in [0.5, 0.6) is 0 Å². The summed E-state index contributed by atoms with van der Waals surface area (Å²) in [4.78, 5) is 31.7. The number of esters is 1. The lowest BCUT2D eigenvalue weighted by Gasteiger charge is -2.22. The lowest BCUT2D eigenvalue weighted by Crippen LogP contribution is -2.45. The Hall–Kier alpha value is -3.20. The Balaban J connectivity index is 2.84. The minimum absolute atomic E-state index is 0.0256. The molecule has 0 aromatic carbocycles. The summed E-state index contributed by atoms with van der Waals surface area (Å²) in [7, 11) is 0. The van der Waals surface area contributed by atoms with E-state index in [1.54, 1.807) is 26.8 Å². The number of alkyl carbamates (subject to hydrolysis) is 1. The van der Waals surface area contributed by atoms with Gasteiger partial charge in [-0.25, -0.2) is 14.6 Å². The summed E-state index contributed by atoms with van der Waals surface area (Å²) in [5.41, 5.74) is -0.245. The Morgan fingerprint density at radius 3 is 2.50 bits per heavy atom. The van der Waals surface area contributed by atoms with E-state index in [1.165, 1.54) is 12.4 Å². The molecule has 0 saturated heterocycles. The quantitative estimate of drug-likeness (QED) is 0.784. The van der Waals surface area contributed by atoms with Crippen LogP contribution in [0.25, 0.3) is 0 Å². The fourth-order valence-corrected chi connectivity index (χ4v) is 1.57. The smallest absolute Gasteiger partial charge is 0.408 e. The highest BCUT2D eigenvalue weighted by Crippen LogP contribution is 2.08. The van der Waals surface area contributed by atoms with Gasteiger partial charge in [-0.05, 0) is 20.8 Å². The van der Waals surface area contributed by atoms with Gasteiger partial charge < -0.3 is 14.8 Å². The van der Waals surface area contributed by atoms with Crippen molar-refractivity contribution in [3.8, 4) is 12.1 Å². The fraction of sp³-hybridized carbons (Fsp3) is 0.467. The van der Waals surface area contributed by atoms with E-state index >= 15 is 0 Å². The van der Waals surface area contributed by atoms with Crippen LogP contribution in [0.2, 0.25) is 0 Å². The molecule has 0 aliphatic rings. The minimum atomic E-state index is -1.10. The van der Waals surface area contributed by atoms with E-state index in [0.29, 0.717) is 5.69 Å². The number of nitriles is 2. The third kappa shape index (κ3) is 6.71. The van der Waals surface area contributed by atoms with Crippen molar-refractivity contribution in [3.05, 3.63) is 23.8 Å². The van der Waals surface area contributed by atoms with Crippen LogP contribution in [0.1, 0.15) is 32.2 Å². The molecule has 126 valence electrons. The van der Waals surface area contributed by atoms with Gasteiger partial charge in [0.05, 0.1) is 18.1 Å². The van der Waals surface area contributed by atoms with Crippen LogP contribution in [0.3, 0.4) is 0 Å². The van der Waals surface area contributed by atoms with Crippen molar-refractivity contribution in [2.45, 2.75) is 38.8 Å². The highest BCUT2D eigenvalue weighted by molar-refractivity contribution is 5.81. The zero-order valence-electron chi connectivity index (χ0n) is 13.6. The number of ether oxygens (including phenoxy) is 2. The molecule has 1 aromatic heterocycles. The molecule has 1 heterocycles. The van der Waals surface area contributed by atoms with Gasteiger partial charge >= 0.3 is 12.1 Å². The van der Waals surface area contributed by atoms with E-state index in [0.717, 1.165) is 0 Å². The molecule has 1 atom stereocenters. The van der Waals surface area contributed by atoms with E-state index in [2.05, 4.69) is 15.3 Å². The molecule has 0 fully saturated rings. The average Bonchev–Trinajstić information content (AvgIpc) is 2.50. The Morgan fingerprint density at radius 1 is 1.29 bits per heavy atom. The summed E-state index contributed by atoms with van der Waals surface area (Å²) in [6.07, 6.45) is 1.74. The Morgan fingerprint density at radius 2 is 2.00 bits per heavy atom. The average molecular weight is 331 g/mol. The first kappa shape index (κ1) is 18.8. The number of amides is 1. The highest BCUT2D eigenvalue weighted by Gasteiger charge is 2.26. The first-order valence-corrected chi connectivity index (χ1v) is 6.99. The van der Waals surface area contributed by atoms with Crippen molar-refractivity contribution in [1.29, 1.82) is 10.5 Å². The van der Waals surface area contributed by atoms with Crippen LogP contribution in [-0.2, 0) is 20.7 Å². The van der Waals surface area contributed by atoms with E-state index < -0.39 is 30.3 Å². The predicted octanol–water partition coefficient (Wildman–Crippen LogP) is 0.851. The second kappa shape index (κ2) is 8.44. The summed E-state index contributed by atoms with van der Waals surface area (Å²) < 4.78 is 9.83. The maximum Gasteiger partial charge on any atom is 0.408 e. The van der Waals surface area contributed by atoms with Crippen LogP contribution in [0.15, 0.2) is 12.4 Å². The van der Waals surface area contributed by atoms with Gasteiger partial charge in [0.25, 0.3) is 0 Å². The van der Waals surface area contributed by atoms with Crippen LogP contribution in [-0.4, -0.2) is 40.3 Å². The number of nitrogens with one attached hydrogen (secondary N) is 1. The van der Waals surface area contributed by atoms with Gasteiger partial charge in [-0.2, -0.15) is 10.5 Å². The summed E-state index contributed by atoms with van der Waals surface area (Å²) in [5, 5.41) is 19.6. The normalized spacial score (nSPS) is 11.5. The van der Waals surface area contributed by atoms with Crippen molar-refractivity contribution in [2.75, 3.05) is 6.61 Å². The minimum Gasteiger partial charge on any atom is -0.449 e. The lowest BCUT2D eigenvalue weighted by atomic mass is 10.1. The van der Waals surface area contributed by atoms with Crippen molar-refractivity contribution in [1.82, 2.24) is 15.3 Å². The highest BCUT2D eigenvalue weighted by atomic mass is 16.6. The van der Waals surface area contributed by atoms with E-state index in [-0.39, 0.29) is 12.1 Å². The molecule has 1 amide bonds. The molecule has 1 rings (SSSR count). The molecule has 1 N–H and O–H groups in total. The van der Waals surface area contributed by atoms with Gasteiger partial charge in [0.2, 0.25) is 0 Å². The molecule has 9 nitrogen and oxygen atoms in total. The molecule has 24 heavy (non-hydrogen) atoms. The number of carbonyl (C=O) groups excluding carboxylic acids is 2. The lowest BCUT2D eigenvalue weighted by molar-refractivity contribution is -0.144. The molecular weight excluding hydrogens is 314 g/mol. The van der Waals surface area contributed by atoms with Crippen LogP contribution >= 0.6 is 0 Å². The van der Waals surface area contributed by atoms with Gasteiger partial charge in [0.15, 0.2) is 12.3 Å². The van der Waals surface area contributed by atoms with Crippen LogP contribution in [0, 0.1) is 22.7 Å². The fourth-order valence-electron chi connectivity index (χ4n) is 1.57. The SMILES string of the molecule is CC(C)(C)OC(=O)N[C@@H](Cc1cnc(C#N)cn1)C(=O)OCC#N. The van der Waals surface area contributed by atoms with Crippen molar-refractivity contribution in [2.24, 2.45) is 0 Å². The Bertz CT molecular complexity index is 667. The number of nitrogens with zero attached hydrogens (tertiary/aromatic N) is 4. The first-order valence-electron chi connectivity index (χ1n) is 6.99. The van der Waals surface area contributed by atoms with E-state index in [1.807, 2.05) is 6.07 Å². The number of hydrogen-bond acceptors (Lipinski definition) is 8. The van der Waals surface area contributed by atoms with Gasteiger partial charge in [-0.15, -0.1) is 0 Å². The first-order chi connectivity index (χ1) is 11.2. The predicted molar refractivity (Wildman–Crippen MR) is 80.2 cm³/mol. The second-order valence-corrected chi connectivity index (χ2v) is 5.67. The standard InChI is InChI=1S/C15H17N5O4/c1-15(2,3)24-14(22)20-12(13(21)23-5-4-16)6-10-8-19-11(7-17)9-18-10/h8-9,12H,5-6H2,1-3H3,(H,20,22)/t12-/m0/s1. The summed E-state index contributed by atoms with van der Waals surface area (Å²) in [5.74, 6) is -0.798. The molecule has 0 bridgehead atoms. The number of hydrogen-bond donors (Lipinski definition) is 1. The molecule has 0 spiro atoms. The Kier molecular flexibility index (Phi) is 6.63. The molecule has 0 aliphatic heterocycles. The van der Waals surface area contributed by atoms with Crippen molar-refractivity contribution in [3.63, 3.8) is 0 Å². The molecular formula is C15H17N5O4. The number of rotatable bonds is 5. The van der Waals surface area contributed by atoms with E-state index in [9.17, 15) is 9.59 Å². The van der Waals surface area contributed by atoms with Gasteiger partial charge in [0.1, 0.15) is 23.8 Å². The summed E-state index contributed by atoms with van der Waals surface area (Å²) in [6.45, 7) is 4.61. The van der Waals surface area contributed by atoms with Crippen LogP contribution < -0.4 is 5.32 Å². The third-order valence-electron chi connectivity index (χ3n) is 2.49. The molecule has 1 aromatic rings. The van der Waals surface area contributed by atoms with Crippen molar-refractivity contribution < 1.29 is 19.1 Å². The molecule has 9 heteroatoms. The summed E-state index contributed by atoms with van der Waals surface area (Å²) in [6, 6.07) is 2.40. The van der Waals surface area contributed by atoms with Gasteiger partial charge in [-0.1, -0.05) is 0 Å². The Labute approximate surface area is 139 Å². The molecule has 0 radical (unpaired) electrons. The monoisotopic (exact) mass is 331 g/mol. The summed E-state index contributed by atoms with van der Waals surface area (Å²) >= 11 is 0. The number of carbonyl (C=O) groups is 2. The van der Waals surface area contributed by atoms with Crippen molar-refractivity contribution >= 4 is 12.1 Å². The molecule has 0 unspecified atom stereocenters. The largest absolute Gasteiger partial charge is 0.449 e. The maximum absolute atomic E-state index is 12.0.